The van der Waals surface area contributed by atoms with Crippen LogP contribution in [0.2, 0.25) is 0 Å². The van der Waals surface area contributed by atoms with Gasteiger partial charge in [-0.1, -0.05) is 52.4 Å². The van der Waals surface area contributed by atoms with Crippen molar-refractivity contribution < 1.29 is 0 Å². The van der Waals surface area contributed by atoms with E-state index in [0.717, 1.165) is 12.5 Å². The van der Waals surface area contributed by atoms with Gasteiger partial charge in [-0.3, -0.25) is 0 Å². The van der Waals surface area contributed by atoms with Crippen molar-refractivity contribution in [1.82, 2.24) is 0 Å². The van der Waals surface area contributed by atoms with E-state index in [9.17, 15) is 0 Å². The largest absolute Gasteiger partial charge is 0.330 e. The highest BCUT2D eigenvalue weighted by atomic mass is 14.5. The van der Waals surface area contributed by atoms with Crippen LogP contribution >= 0.6 is 0 Å². The minimum Gasteiger partial charge on any atom is -0.330 e. The fourth-order valence-electron chi connectivity index (χ4n) is 1.65. The van der Waals surface area contributed by atoms with Gasteiger partial charge in [-0.25, -0.2) is 0 Å². The highest BCUT2D eigenvalue weighted by Gasteiger charge is 2.03. The molecule has 0 aliphatic carbocycles. The molecule has 0 aromatic rings. The van der Waals surface area contributed by atoms with Gasteiger partial charge in [0.1, 0.15) is 0 Å². The van der Waals surface area contributed by atoms with Crippen LogP contribution in [0, 0.1) is 5.92 Å². The summed E-state index contributed by atoms with van der Waals surface area (Å²) in [5, 5.41) is 0. The molecule has 0 heterocycles. The number of rotatable bonds is 8. The zero-order valence-corrected chi connectivity index (χ0v) is 8.81. The first-order valence-corrected chi connectivity index (χ1v) is 5.55. The number of nitrogens with two attached hydrogens (primary N) is 1. The second-order valence-corrected chi connectivity index (χ2v) is 3.70. The summed E-state index contributed by atoms with van der Waals surface area (Å²) < 4.78 is 0. The summed E-state index contributed by atoms with van der Waals surface area (Å²) in [7, 11) is 0. The standard InChI is InChI=1S/C11H25N/c1-3-5-6-7-8-11(4-2)9-10-12/h11H,3-10,12H2,1-2H3. The van der Waals surface area contributed by atoms with Crippen molar-refractivity contribution in [3.8, 4) is 0 Å². The average Bonchev–Trinajstić information content (AvgIpc) is 2.10. The predicted molar refractivity (Wildman–Crippen MR) is 56.2 cm³/mol. The Morgan fingerprint density at radius 3 is 2.25 bits per heavy atom. The molecule has 0 aliphatic heterocycles. The third kappa shape index (κ3) is 6.66. The van der Waals surface area contributed by atoms with Gasteiger partial charge >= 0.3 is 0 Å². The van der Waals surface area contributed by atoms with E-state index in [4.69, 9.17) is 5.73 Å². The second-order valence-electron chi connectivity index (χ2n) is 3.70. The predicted octanol–water partition coefficient (Wildman–Crippen LogP) is 3.33. The zero-order chi connectivity index (χ0) is 9.23. The third-order valence-electron chi connectivity index (χ3n) is 2.62. The molecule has 0 bridgehead atoms. The van der Waals surface area contributed by atoms with E-state index in [1.807, 2.05) is 0 Å². The Hall–Kier alpha value is -0.0400. The lowest BCUT2D eigenvalue weighted by atomic mass is 9.95. The van der Waals surface area contributed by atoms with Gasteiger partial charge < -0.3 is 5.73 Å². The average molecular weight is 171 g/mol. The van der Waals surface area contributed by atoms with Crippen LogP contribution in [0.1, 0.15) is 58.8 Å². The van der Waals surface area contributed by atoms with Crippen LogP contribution in [0.25, 0.3) is 0 Å². The normalized spacial score (nSPS) is 13.2. The molecule has 0 radical (unpaired) electrons. The van der Waals surface area contributed by atoms with Crippen molar-refractivity contribution in [2.45, 2.75) is 58.8 Å². The SMILES string of the molecule is CCCCCCC(CC)CCN. The van der Waals surface area contributed by atoms with E-state index < -0.39 is 0 Å². The monoisotopic (exact) mass is 171 g/mol. The van der Waals surface area contributed by atoms with Crippen LogP contribution in [-0.2, 0) is 0 Å². The molecule has 1 nitrogen and oxygen atoms in total. The first kappa shape index (κ1) is 12.0. The maximum absolute atomic E-state index is 5.54. The van der Waals surface area contributed by atoms with Gasteiger partial charge in [0, 0.05) is 0 Å². The minimum absolute atomic E-state index is 0.867. The quantitative estimate of drug-likeness (QED) is 0.557. The number of unbranched alkanes of at least 4 members (excludes halogenated alkanes) is 3. The summed E-state index contributed by atoms with van der Waals surface area (Å²) in [6, 6.07) is 0. The van der Waals surface area contributed by atoms with Crippen LogP contribution in [0.3, 0.4) is 0 Å². The van der Waals surface area contributed by atoms with E-state index in [1.54, 1.807) is 0 Å². The van der Waals surface area contributed by atoms with Crippen molar-refractivity contribution in [2.24, 2.45) is 11.7 Å². The second kappa shape index (κ2) is 9.05. The van der Waals surface area contributed by atoms with Gasteiger partial charge in [0.05, 0.1) is 0 Å². The van der Waals surface area contributed by atoms with Gasteiger partial charge in [-0.2, -0.15) is 0 Å². The molecule has 0 amide bonds. The Kier molecular flexibility index (Phi) is 9.02. The first-order valence-electron chi connectivity index (χ1n) is 5.55. The van der Waals surface area contributed by atoms with Crippen LogP contribution < -0.4 is 5.73 Å². The maximum Gasteiger partial charge on any atom is -0.00746 e. The molecule has 1 unspecified atom stereocenters. The molecule has 0 rings (SSSR count). The molecular weight excluding hydrogens is 146 g/mol. The first-order chi connectivity index (χ1) is 5.85. The van der Waals surface area contributed by atoms with Gasteiger partial charge in [0.2, 0.25) is 0 Å². The molecule has 0 saturated carbocycles. The van der Waals surface area contributed by atoms with Crippen LogP contribution in [0.15, 0.2) is 0 Å². The molecule has 0 aromatic heterocycles. The molecule has 0 aromatic carbocycles. The lowest BCUT2D eigenvalue weighted by Gasteiger charge is -2.12. The van der Waals surface area contributed by atoms with E-state index in [0.29, 0.717) is 0 Å². The lowest BCUT2D eigenvalue weighted by molar-refractivity contribution is 0.419. The van der Waals surface area contributed by atoms with Gasteiger partial charge in [-0.15, -0.1) is 0 Å². The smallest absolute Gasteiger partial charge is 0.00746 e. The topological polar surface area (TPSA) is 26.0 Å². The molecular formula is C11H25N. The van der Waals surface area contributed by atoms with Gasteiger partial charge in [-0.05, 0) is 18.9 Å². The number of hydrogen-bond acceptors (Lipinski definition) is 1. The highest BCUT2D eigenvalue weighted by molar-refractivity contribution is 4.58. The molecule has 1 heteroatoms. The summed E-state index contributed by atoms with van der Waals surface area (Å²) in [5.41, 5.74) is 5.54. The summed E-state index contributed by atoms with van der Waals surface area (Å²) in [6.07, 6.45) is 9.50. The van der Waals surface area contributed by atoms with Crippen LogP contribution in [0.5, 0.6) is 0 Å². The lowest BCUT2D eigenvalue weighted by Crippen LogP contribution is -2.07. The molecule has 74 valence electrons. The molecule has 0 saturated heterocycles. The molecule has 0 aliphatic rings. The fraction of sp³-hybridized carbons (Fsp3) is 1.00. The zero-order valence-electron chi connectivity index (χ0n) is 8.81. The number of hydrogen-bond donors (Lipinski definition) is 1. The van der Waals surface area contributed by atoms with E-state index in [1.165, 1.54) is 44.9 Å². The molecule has 0 fully saturated rings. The Labute approximate surface area is 77.7 Å². The van der Waals surface area contributed by atoms with Crippen LogP contribution in [-0.4, -0.2) is 6.54 Å². The van der Waals surface area contributed by atoms with Crippen molar-refractivity contribution in [2.75, 3.05) is 6.54 Å². The summed E-state index contributed by atoms with van der Waals surface area (Å²) >= 11 is 0. The van der Waals surface area contributed by atoms with Gasteiger partial charge in [0.25, 0.3) is 0 Å². The van der Waals surface area contributed by atoms with Gasteiger partial charge in [0.15, 0.2) is 0 Å². The summed E-state index contributed by atoms with van der Waals surface area (Å²) in [4.78, 5) is 0. The van der Waals surface area contributed by atoms with Crippen molar-refractivity contribution in [3.63, 3.8) is 0 Å². The van der Waals surface area contributed by atoms with Crippen molar-refractivity contribution in [3.05, 3.63) is 0 Å². The third-order valence-corrected chi connectivity index (χ3v) is 2.62. The Morgan fingerprint density at radius 2 is 1.75 bits per heavy atom. The summed E-state index contributed by atoms with van der Waals surface area (Å²) in [6.45, 7) is 5.41. The van der Waals surface area contributed by atoms with E-state index in [2.05, 4.69) is 13.8 Å². The van der Waals surface area contributed by atoms with Crippen LogP contribution in [0.4, 0.5) is 0 Å². The molecule has 0 spiro atoms. The van der Waals surface area contributed by atoms with E-state index in [-0.39, 0.29) is 0 Å². The maximum atomic E-state index is 5.54. The molecule has 1 atom stereocenters. The molecule has 12 heavy (non-hydrogen) atoms. The Balaban J connectivity index is 3.19. The van der Waals surface area contributed by atoms with Crippen molar-refractivity contribution in [1.29, 1.82) is 0 Å². The van der Waals surface area contributed by atoms with Crippen molar-refractivity contribution >= 4 is 0 Å². The highest BCUT2D eigenvalue weighted by Crippen LogP contribution is 2.16. The molecule has 2 N–H and O–H groups in total. The fourth-order valence-corrected chi connectivity index (χ4v) is 1.65. The Morgan fingerprint density at radius 1 is 1.00 bits per heavy atom. The summed E-state index contributed by atoms with van der Waals surface area (Å²) in [5.74, 6) is 0.895. The Bertz CT molecular complexity index is 81.1. The minimum atomic E-state index is 0.867. The van der Waals surface area contributed by atoms with E-state index >= 15 is 0 Å².